The number of nitrogens with one attached hydrogen (secondary N) is 5. The van der Waals surface area contributed by atoms with Crippen molar-refractivity contribution in [2.45, 2.75) is 88.2 Å². The number of hydrogen-bond acceptors (Lipinski definition) is 25. The Balaban J connectivity index is 0.000000165. The highest BCUT2D eigenvalue weighted by Crippen LogP contribution is 2.42. The number of halogens is 2. The van der Waals surface area contributed by atoms with E-state index in [2.05, 4.69) is 93.3 Å². The van der Waals surface area contributed by atoms with Gasteiger partial charge in [0.05, 0.1) is 73.2 Å². The molecule has 0 spiro atoms. The fourth-order valence-electron chi connectivity index (χ4n) is 10.1. The van der Waals surface area contributed by atoms with Crippen LogP contribution in [0, 0.1) is 24.5 Å². The summed E-state index contributed by atoms with van der Waals surface area (Å²) in [6, 6.07) is 25.9. The molecule has 6 heterocycles. The molecule has 1 aliphatic rings. The number of imidazole rings is 1. The number of urea groups is 1. The number of carbonyl (C=O) groups is 6. The second-order valence-corrected chi connectivity index (χ2v) is 28.6. The van der Waals surface area contributed by atoms with Crippen molar-refractivity contribution in [2.24, 2.45) is 13.0 Å². The van der Waals surface area contributed by atoms with Gasteiger partial charge in [-0.25, -0.2) is 43.1 Å². The van der Waals surface area contributed by atoms with Crippen molar-refractivity contribution < 1.29 is 71.1 Å². The number of methoxy groups -OCH3 is 2. The minimum absolute atomic E-state index is 0.0644. The number of amides is 5. The number of carboxylic acids is 1. The standard InChI is InChI=1S/C21H20FN3O6S.C19H19N3O5S2.C18H22N2OS.C14H12FN5OS2/c1-4-30-19(26)14-11-32-21(24-14)25-20(27)23-13-10-12(22)8-9-15(13)31-17-7-5-6-16(28-2)18(17)29-3;1-11(2)27-15-8-13(16(23)20-19-22-21-17(29-19)18(24)25)7-14(9-15)26-5-3-12-4-6-28-10-12;1-13-6-8-15(9-7-13)16(12-14-4-2-3-5-14)17(21)20-18-19-10-11-22-18;1-20-7-17-6-12(20)23-11-4-8(10(16)5-9(11)15)13(21)19-14-18-2-3-22-14/h5-11H,4H2,1-3H3,(H2,23,24,25,27);4,6-11H,3,5H2,1-2H3,(H,24,25)(H,20,22,23);6-11,14,16H,2-5,12H2,1H3,(H,19,20,21);2-7H,16H2,1H3,(H,18,19,21). The maximum Gasteiger partial charge on any atom is 0.367 e. The summed E-state index contributed by atoms with van der Waals surface area (Å²) in [4.78, 5) is 89.1. The van der Waals surface area contributed by atoms with Gasteiger partial charge in [0.25, 0.3) is 11.8 Å². The molecule has 554 valence electrons. The Kier molecular flexibility index (Phi) is 29.3. The number of esters is 1. The number of carboxylic acid groups (broad SMARTS) is 1. The molecule has 0 saturated heterocycles. The highest BCUT2D eigenvalue weighted by atomic mass is 32.2. The fourth-order valence-corrected chi connectivity index (χ4v) is 14.0. The van der Waals surface area contributed by atoms with Crippen LogP contribution in [0.2, 0.25) is 0 Å². The first-order valence-electron chi connectivity index (χ1n) is 32.6. The molecule has 5 aromatic carbocycles. The van der Waals surface area contributed by atoms with E-state index in [0.29, 0.717) is 62.0 Å². The number of nitrogens with two attached hydrogens (primary N) is 1. The zero-order chi connectivity index (χ0) is 75.7. The Morgan fingerprint density at radius 1 is 0.764 bits per heavy atom. The Hall–Kier alpha value is -10.9. The molecule has 1 atom stereocenters. The number of aryl methyl sites for hydroxylation is 2. The Morgan fingerprint density at radius 2 is 1.49 bits per heavy atom. The number of para-hydroxylation sites is 1. The summed E-state index contributed by atoms with van der Waals surface area (Å²) in [6.07, 6.45) is 13.3. The van der Waals surface area contributed by atoms with Gasteiger partial charge in [-0.15, -0.1) is 44.2 Å². The van der Waals surface area contributed by atoms with Gasteiger partial charge in [0, 0.05) is 65.4 Å². The average Bonchev–Trinajstić information content (AvgIpc) is 1.09. The third kappa shape index (κ3) is 23.6. The first-order chi connectivity index (χ1) is 51.1. The smallest absolute Gasteiger partial charge is 0.367 e. The molecule has 8 N–H and O–H groups in total. The summed E-state index contributed by atoms with van der Waals surface area (Å²) in [5.41, 5.74) is 10.0. The van der Waals surface area contributed by atoms with Gasteiger partial charge in [-0.3, -0.25) is 30.3 Å². The van der Waals surface area contributed by atoms with Crippen molar-refractivity contribution in [2.75, 3.05) is 59.8 Å². The number of carbonyl (C=O) groups excluding carboxylic acids is 5. The van der Waals surface area contributed by atoms with Crippen molar-refractivity contribution in [3.05, 3.63) is 199 Å². The molecule has 106 heavy (non-hydrogen) atoms. The summed E-state index contributed by atoms with van der Waals surface area (Å²) < 4.78 is 62.6. The van der Waals surface area contributed by atoms with Crippen LogP contribution in [0.4, 0.5) is 45.5 Å². The molecular formula is C72H73F2N13O13S6. The number of nitrogens with zero attached hydrogens (tertiary/aromatic N) is 7. The topological polar surface area (TPSA) is 346 Å². The van der Waals surface area contributed by atoms with Crippen LogP contribution in [0.15, 0.2) is 159 Å². The van der Waals surface area contributed by atoms with E-state index < -0.39 is 41.4 Å². The van der Waals surface area contributed by atoms with E-state index in [1.54, 1.807) is 96.6 Å². The van der Waals surface area contributed by atoms with E-state index in [4.69, 9.17) is 39.3 Å². The lowest BCUT2D eigenvalue weighted by Gasteiger charge is -2.20. The van der Waals surface area contributed by atoms with Gasteiger partial charge >= 0.3 is 18.0 Å². The number of rotatable bonds is 26. The van der Waals surface area contributed by atoms with Crippen LogP contribution in [-0.4, -0.2) is 109 Å². The Morgan fingerprint density at radius 3 is 2.14 bits per heavy atom. The monoisotopic (exact) mass is 1560 g/mol. The SMILES string of the molecule is CC(C)Oc1cc(OCCc2ccsc2)cc(C(=O)Nc2nnc(C(=O)O)s2)c1.CCOC(=O)c1csc(NC(=O)Nc2cc(F)ccc2Oc2cccc(OC)c2OC)n1.Cc1ccc(C(CC2CCCC2)C(=O)Nc2nccs2)cc1.Cn1cncc1Sc1cc(C(=O)Nc2nccs2)c(N)cc1F. The van der Waals surface area contributed by atoms with E-state index >= 15 is 0 Å². The number of anilines is 6. The van der Waals surface area contributed by atoms with Crippen molar-refractivity contribution in [3.63, 3.8) is 0 Å². The van der Waals surface area contributed by atoms with Crippen LogP contribution in [0.25, 0.3) is 0 Å². The molecule has 1 saturated carbocycles. The number of aromatic nitrogens is 7. The van der Waals surface area contributed by atoms with Gasteiger partial charge in [0.15, 0.2) is 38.3 Å². The molecule has 26 nitrogen and oxygen atoms in total. The minimum Gasteiger partial charge on any atom is -0.493 e. The fraction of sp³-hybridized carbons (Fsp3) is 0.250. The molecule has 34 heteroatoms. The molecule has 1 unspecified atom stereocenters. The highest BCUT2D eigenvalue weighted by Gasteiger charge is 2.28. The normalized spacial score (nSPS) is 11.8. The van der Waals surface area contributed by atoms with Crippen molar-refractivity contribution in [3.8, 4) is 34.5 Å². The third-order valence-corrected chi connectivity index (χ3v) is 19.9. The van der Waals surface area contributed by atoms with Crippen LogP contribution in [0.1, 0.15) is 116 Å². The van der Waals surface area contributed by atoms with E-state index in [0.717, 1.165) is 58.2 Å². The number of nitrogen functional groups attached to an aromatic ring is 1. The minimum atomic E-state index is -1.20. The third-order valence-electron chi connectivity index (χ3n) is 15.1. The molecule has 0 bridgehead atoms. The summed E-state index contributed by atoms with van der Waals surface area (Å²) in [5, 5.41) is 40.4. The van der Waals surface area contributed by atoms with Gasteiger partial charge in [-0.1, -0.05) is 84.7 Å². The number of ether oxygens (including phenoxy) is 6. The number of thiophene rings is 1. The summed E-state index contributed by atoms with van der Waals surface area (Å²) in [5.74, 6) is -0.810. The maximum absolute atomic E-state index is 14.1. The lowest BCUT2D eigenvalue weighted by molar-refractivity contribution is -0.118. The predicted octanol–water partition coefficient (Wildman–Crippen LogP) is 16.6. The summed E-state index contributed by atoms with van der Waals surface area (Å²) in [6.45, 7) is 8.19. The van der Waals surface area contributed by atoms with E-state index in [9.17, 15) is 37.5 Å². The van der Waals surface area contributed by atoms with Crippen LogP contribution in [-0.2, 0) is 23.0 Å². The summed E-state index contributed by atoms with van der Waals surface area (Å²) >= 11 is 7.38. The second-order valence-electron chi connectivity index (χ2n) is 23.1. The number of aromatic carboxylic acids is 1. The molecule has 12 rings (SSSR count). The lowest BCUT2D eigenvalue weighted by Crippen LogP contribution is -2.23. The number of benzene rings is 5. The molecule has 1 aliphatic carbocycles. The van der Waals surface area contributed by atoms with Crippen LogP contribution < -0.4 is 56.0 Å². The zero-order valence-corrected chi connectivity index (χ0v) is 63.0. The average molecular weight is 1560 g/mol. The van der Waals surface area contributed by atoms with E-state index in [-0.39, 0.29) is 68.2 Å². The summed E-state index contributed by atoms with van der Waals surface area (Å²) in [7, 11) is 4.75. The first kappa shape index (κ1) is 79.2. The molecule has 0 aliphatic heterocycles. The Labute approximate surface area is 632 Å². The largest absolute Gasteiger partial charge is 0.493 e. The van der Waals surface area contributed by atoms with Crippen LogP contribution >= 0.6 is 68.4 Å². The Bertz CT molecular complexity index is 4730. The first-order valence-corrected chi connectivity index (χ1v) is 37.8. The van der Waals surface area contributed by atoms with Crippen LogP contribution in [0.3, 0.4) is 0 Å². The predicted molar refractivity (Wildman–Crippen MR) is 407 cm³/mol. The highest BCUT2D eigenvalue weighted by molar-refractivity contribution is 7.99. The molecule has 11 aromatic rings. The van der Waals surface area contributed by atoms with E-state index in [1.807, 2.05) is 30.7 Å². The van der Waals surface area contributed by atoms with Gasteiger partial charge in [-0.05, 0) is 117 Å². The molecule has 6 aromatic heterocycles. The van der Waals surface area contributed by atoms with Gasteiger partial charge in [0.1, 0.15) is 23.1 Å². The second kappa shape index (κ2) is 39.3. The zero-order valence-electron chi connectivity index (χ0n) is 58.1. The molecule has 1 fully saturated rings. The van der Waals surface area contributed by atoms with Crippen molar-refractivity contribution >= 4 is 136 Å². The number of hydrogen-bond donors (Lipinski definition) is 7. The van der Waals surface area contributed by atoms with Crippen molar-refractivity contribution in [1.29, 1.82) is 0 Å². The lowest BCUT2D eigenvalue weighted by atomic mass is 9.87. The van der Waals surface area contributed by atoms with E-state index in [1.165, 1.54) is 109 Å². The quantitative estimate of drug-likeness (QED) is 0.0196. The van der Waals surface area contributed by atoms with Gasteiger partial charge in [-0.2, -0.15) is 11.3 Å². The van der Waals surface area contributed by atoms with Gasteiger partial charge in [0.2, 0.25) is 21.8 Å². The van der Waals surface area contributed by atoms with Gasteiger partial charge < -0.3 is 54.5 Å². The number of thiazole rings is 3. The van der Waals surface area contributed by atoms with Crippen LogP contribution in [0.5, 0.6) is 34.5 Å². The molecule has 0 radical (unpaired) electrons. The maximum atomic E-state index is 14.1. The van der Waals surface area contributed by atoms with Crippen molar-refractivity contribution in [1.82, 2.24) is 34.7 Å². The molecular weight excluding hydrogens is 1490 g/mol. The molecule has 5 amide bonds.